The Morgan fingerprint density at radius 1 is 1.16 bits per heavy atom. The van der Waals surface area contributed by atoms with Crippen LogP contribution >= 0.6 is 0 Å². The van der Waals surface area contributed by atoms with Gasteiger partial charge in [0.2, 0.25) is 0 Å². The van der Waals surface area contributed by atoms with Crippen molar-refractivity contribution in [1.82, 2.24) is 4.90 Å². The van der Waals surface area contributed by atoms with Crippen LogP contribution in [0.2, 0.25) is 0 Å². The van der Waals surface area contributed by atoms with Crippen LogP contribution in [0.5, 0.6) is 5.75 Å². The number of aryl methyl sites for hydroxylation is 3. The fourth-order valence-corrected chi connectivity index (χ4v) is 2.43. The van der Waals surface area contributed by atoms with Crippen molar-refractivity contribution in [2.45, 2.75) is 47.6 Å². The summed E-state index contributed by atoms with van der Waals surface area (Å²) < 4.78 is 5.60. The van der Waals surface area contributed by atoms with Gasteiger partial charge in [-0.05, 0) is 51.9 Å². The maximum absolute atomic E-state index is 12.2. The SMILES string of the molecule is CCN(CC)[C@@H](C)C(=O)Oc1c(C)cc(C)cc1C. The molecule has 1 rings (SSSR count). The number of nitrogens with zero attached hydrogens (tertiary/aromatic N) is 1. The van der Waals surface area contributed by atoms with Crippen molar-refractivity contribution in [1.29, 1.82) is 0 Å². The van der Waals surface area contributed by atoms with Crippen molar-refractivity contribution in [3.8, 4) is 5.75 Å². The van der Waals surface area contributed by atoms with Gasteiger partial charge in [0.25, 0.3) is 0 Å². The van der Waals surface area contributed by atoms with Crippen molar-refractivity contribution in [3.63, 3.8) is 0 Å². The van der Waals surface area contributed by atoms with Crippen molar-refractivity contribution in [3.05, 3.63) is 28.8 Å². The summed E-state index contributed by atoms with van der Waals surface area (Å²) in [5.41, 5.74) is 3.21. The molecular formula is C16H25NO2. The summed E-state index contributed by atoms with van der Waals surface area (Å²) in [7, 11) is 0. The molecule has 1 atom stereocenters. The number of hydrogen-bond acceptors (Lipinski definition) is 3. The van der Waals surface area contributed by atoms with Gasteiger partial charge in [-0.25, -0.2) is 4.79 Å². The number of benzene rings is 1. The average molecular weight is 263 g/mol. The molecule has 0 heterocycles. The number of carbonyl (C=O) groups is 1. The topological polar surface area (TPSA) is 29.5 Å². The molecule has 0 aliphatic heterocycles. The number of esters is 1. The van der Waals surface area contributed by atoms with E-state index < -0.39 is 0 Å². The van der Waals surface area contributed by atoms with Gasteiger partial charge >= 0.3 is 5.97 Å². The van der Waals surface area contributed by atoms with E-state index in [9.17, 15) is 4.79 Å². The maximum Gasteiger partial charge on any atom is 0.328 e. The minimum atomic E-state index is -0.213. The van der Waals surface area contributed by atoms with E-state index in [0.717, 1.165) is 24.2 Å². The molecule has 0 aliphatic rings. The number of likely N-dealkylation sites (N-methyl/N-ethyl adjacent to an activating group) is 1. The number of hydrogen-bond donors (Lipinski definition) is 0. The molecule has 1 aromatic rings. The molecule has 0 aromatic heterocycles. The fourth-order valence-electron chi connectivity index (χ4n) is 2.43. The fraction of sp³-hybridized carbons (Fsp3) is 0.562. The van der Waals surface area contributed by atoms with Gasteiger partial charge in [0.15, 0.2) is 0 Å². The van der Waals surface area contributed by atoms with E-state index >= 15 is 0 Å². The average Bonchev–Trinajstić information content (AvgIpc) is 2.34. The van der Waals surface area contributed by atoms with Gasteiger partial charge < -0.3 is 4.74 Å². The number of carbonyl (C=O) groups excluding carboxylic acids is 1. The molecule has 0 N–H and O–H groups in total. The van der Waals surface area contributed by atoms with E-state index in [1.807, 2.05) is 39.8 Å². The summed E-state index contributed by atoms with van der Waals surface area (Å²) in [6, 6.07) is 3.87. The van der Waals surface area contributed by atoms with Crippen LogP contribution in [0.3, 0.4) is 0 Å². The zero-order valence-corrected chi connectivity index (χ0v) is 12.9. The van der Waals surface area contributed by atoms with E-state index in [1.54, 1.807) is 0 Å². The molecule has 0 spiro atoms. The summed E-state index contributed by atoms with van der Waals surface area (Å²) in [6.07, 6.45) is 0. The molecule has 3 heteroatoms. The zero-order valence-electron chi connectivity index (χ0n) is 12.9. The van der Waals surface area contributed by atoms with Crippen LogP contribution in [0.1, 0.15) is 37.5 Å². The minimum absolute atomic E-state index is 0.182. The molecule has 0 fully saturated rings. The lowest BCUT2D eigenvalue weighted by atomic mass is 10.1. The van der Waals surface area contributed by atoms with Crippen molar-refractivity contribution < 1.29 is 9.53 Å². The Kier molecular flexibility index (Phi) is 5.55. The number of rotatable bonds is 5. The standard InChI is InChI=1S/C16H25NO2/c1-7-17(8-2)14(6)16(18)19-15-12(4)9-11(3)10-13(15)5/h9-10,14H,7-8H2,1-6H3/t14-/m0/s1. The molecule has 0 unspecified atom stereocenters. The highest BCUT2D eigenvalue weighted by Crippen LogP contribution is 2.25. The van der Waals surface area contributed by atoms with E-state index in [4.69, 9.17) is 4.74 Å². The van der Waals surface area contributed by atoms with Crippen LogP contribution in [-0.2, 0) is 4.79 Å². The smallest absolute Gasteiger partial charge is 0.328 e. The van der Waals surface area contributed by atoms with Crippen LogP contribution in [0.4, 0.5) is 0 Å². The Morgan fingerprint density at radius 2 is 1.63 bits per heavy atom. The predicted molar refractivity (Wildman–Crippen MR) is 78.7 cm³/mol. The Morgan fingerprint density at radius 3 is 2.05 bits per heavy atom. The first-order chi connectivity index (χ1) is 8.90. The first-order valence-corrected chi connectivity index (χ1v) is 6.94. The third-order valence-corrected chi connectivity index (χ3v) is 3.51. The Labute approximate surface area is 116 Å². The Hall–Kier alpha value is -1.35. The third-order valence-electron chi connectivity index (χ3n) is 3.51. The number of ether oxygens (including phenoxy) is 1. The summed E-state index contributed by atoms with van der Waals surface area (Å²) in [4.78, 5) is 14.3. The van der Waals surface area contributed by atoms with Gasteiger partial charge in [-0.3, -0.25) is 4.90 Å². The van der Waals surface area contributed by atoms with Gasteiger partial charge in [-0.2, -0.15) is 0 Å². The predicted octanol–water partition coefficient (Wildman–Crippen LogP) is 3.25. The molecule has 0 radical (unpaired) electrons. The first-order valence-electron chi connectivity index (χ1n) is 6.94. The van der Waals surface area contributed by atoms with Crippen molar-refractivity contribution in [2.75, 3.05) is 13.1 Å². The van der Waals surface area contributed by atoms with Crippen LogP contribution in [0.25, 0.3) is 0 Å². The Bertz CT molecular complexity index is 427. The monoisotopic (exact) mass is 263 g/mol. The molecule has 1 aromatic carbocycles. The summed E-state index contributed by atoms with van der Waals surface area (Å²) >= 11 is 0. The van der Waals surface area contributed by atoms with E-state index in [2.05, 4.69) is 18.7 Å². The van der Waals surface area contributed by atoms with Gasteiger partial charge in [0.05, 0.1) is 0 Å². The quantitative estimate of drug-likeness (QED) is 0.603. The maximum atomic E-state index is 12.2. The molecule has 0 saturated heterocycles. The van der Waals surface area contributed by atoms with Gasteiger partial charge in [0.1, 0.15) is 11.8 Å². The molecule has 0 saturated carbocycles. The van der Waals surface area contributed by atoms with E-state index in [0.29, 0.717) is 5.75 Å². The lowest BCUT2D eigenvalue weighted by Crippen LogP contribution is -2.41. The highest BCUT2D eigenvalue weighted by molar-refractivity contribution is 5.78. The molecule has 0 bridgehead atoms. The first kappa shape index (κ1) is 15.7. The highest BCUT2D eigenvalue weighted by atomic mass is 16.5. The van der Waals surface area contributed by atoms with Crippen LogP contribution < -0.4 is 4.74 Å². The highest BCUT2D eigenvalue weighted by Gasteiger charge is 2.22. The summed E-state index contributed by atoms with van der Waals surface area (Å²) in [6.45, 7) is 13.7. The normalized spacial score (nSPS) is 12.6. The van der Waals surface area contributed by atoms with Gasteiger partial charge in [-0.1, -0.05) is 31.5 Å². The van der Waals surface area contributed by atoms with Crippen LogP contribution in [0.15, 0.2) is 12.1 Å². The van der Waals surface area contributed by atoms with Crippen molar-refractivity contribution in [2.24, 2.45) is 0 Å². The van der Waals surface area contributed by atoms with Crippen molar-refractivity contribution >= 4 is 5.97 Å². The third kappa shape index (κ3) is 3.80. The largest absolute Gasteiger partial charge is 0.425 e. The zero-order chi connectivity index (χ0) is 14.6. The summed E-state index contributed by atoms with van der Waals surface area (Å²) in [5.74, 6) is 0.522. The molecular weight excluding hydrogens is 238 g/mol. The molecule has 106 valence electrons. The lowest BCUT2D eigenvalue weighted by molar-refractivity contribution is -0.139. The second-order valence-electron chi connectivity index (χ2n) is 5.05. The van der Waals surface area contributed by atoms with Gasteiger partial charge in [-0.15, -0.1) is 0 Å². The van der Waals surface area contributed by atoms with E-state index in [1.165, 1.54) is 5.56 Å². The lowest BCUT2D eigenvalue weighted by Gasteiger charge is -2.25. The summed E-state index contributed by atoms with van der Waals surface area (Å²) in [5, 5.41) is 0. The van der Waals surface area contributed by atoms with Crippen LogP contribution in [-0.4, -0.2) is 30.0 Å². The van der Waals surface area contributed by atoms with Gasteiger partial charge in [0, 0.05) is 0 Å². The molecule has 3 nitrogen and oxygen atoms in total. The molecule has 0 amide bonds. The minimum Gasteiger partial charge on any atom is -0.425 e. The second-order valence-corrected chi connectivity index (χ2v) is 5.05. The second kappa shape index (κ2) is 6.71. The Balaban J connectivity index is 2.88. The molecule has 0 aliphatic carbocycles. The van der Waals surface area contributed by atoms with Crippen LogP contribution in [0, 0.1) is 20.8 Å². The van der Waals surface area contributed by atoms with E-state index in [-0.39, 0.29) is 12.0 Å². The molecule has 19 heavy (non-hydrogen) atoms.